The molecule has 0 bridgehead atoms. The van der Waals surface area contributed by atoms with Gasteiger partial charge in [0, 0.05) is 5.69 Å². The van der Waals surface area contributed by atoms with Crippen LogP contribution >= 0.6 is 11.6 Å². The third-order valence-electron chi connectivity index (χ3n) is 3.07. The van der Waals surface area contributed by atoms with E-state index in [1.807, 2.05) is 0 Å². The van der Waals surface area contributed by atoms with Gasteiger partial charge in [-0.05, 0) is 37.3 Å². The fourth-order valence-electron chi connectivity index (χ4n) is 1.94. The third kappa shape index (κ3) is 4.66. The topological polar surface area (TPSA) is 54.3 Å². The van der Waals surface area contributed by atoms with E-state index in [9.17, 15) is 18.0 Å². The fourth-order valence-corrected chi connectivity index (χ4v) is 2.16. The van der Waals surface area contributed by atoms with E-state index in [0.29, 0.717) is 5.76 Å². The lowest BCUT2D eigenvalue weighted by molar-refractivity contribution is -0.137. The first-order valence-corrected chi connectivity index (χ1v) is 7.08. The molecule has 4 nitrogen and oxygen atoms in total. The molecule has 1 unspecified atom stereocenters. The molecule has 8 heteroatoms. The highest BCUT2D eigenvalue weighted by molar-refractivity contribution is 6.31. The van der Waals surface area contributed by atoms with Crippen LogP contribution in [-0.2, 0) is 11.0 Å². The molecule has 0 spiro atoms. The second-order valence-electron chi connectivity index (χ2n) is 4.85. The van der Waals surface area contributed by atoms with Crippen molar-refractivity contribution in [2.75, 3.05) is 11.9 Å². The first kappa shape index (κ1) is 17.2. The number of benzene rings is 1. The van der Waals surface area contributed by atoms with E-state index in [-0.39, 0.29) is 29.2 Å². The Morgan fingerprint density at radius 1 is 1.35 bits per heavy atom. The zero-order chi connectivity index (χ0) is 17.0. The van der Waals surface area contributed by atoms with Crippen molar-refractivity contribution in [1.82, 2.24) is 5.32 Å². The molecule has 0 aliphatic carbocycles. The number of hydrogen-bond acceptors (Lipinski definition) is 3. The van der Waals surface area contributed by atoms with Gasteiger partial charge in [0.15, 0.2) is 0 Å². The number of furan rings is 1. The Labute approximate surface area is 135 Å². The van der Waals surface area contributed by atoms with Crippen LogP contribution in [-0.4, -0.2) is 12.5 Å². The normalized spacial score (nSPS) is 12.7. The van der Waals surface area contributed by atoms with Crippen LogP contribution in [0.15, 0.2) is 41.0 Å². The van der Waals surface area contributed by atoms with Gasteiger partial charge in [0.25, 0.3) is 0 Å². The van der Waals surface area contributed by atoms with E-state index in [1.54, 1.807) is 19.1 Å². The smallest absolute Gasteiger partial charge is 0.417 e. The molecule has 0 fully saturated rings. The Morgan fingerprint density at radius 3 is 2.70 bits per heavy atom. The van der Waals surface area contributed by atoms with E-state index in [4.69, 9.17) is 16.0 Å². The molecule has 1 amide bonds. The van der Waals surface area contributed by atoms with Crippen LogP contribution in [0.4, 0.5) is 18.9 Å². The summed E-state index contributed by atoms with van der Waals surface area (Å²) in [7, 11) is 0. The van der Waals surface area contributed by atoms with Crippen molar-refractivity contribution in [3.05, 3.63) is 52.9 Å². The van der Waals surface area contributed by atoms with Gasteiger partial charge in [-0.2, -0.15) is 13.2 Å². The molecule has 2 rings (SSSR count). The molecule has 0 aliphatic heterocycles. The van der Waals surface area contributed by atoms with Crippen LogP contribution in [0.25, 0.3) is 0 Å². The van der Waals surface area contributed by atoms with Gasteiger partial charge in [-0.25, -0.2) is 0 Å². The van der Waals surface area contributed by atoms with Gasteiger partial charge >= 0.3 is 6.18 Å². The average molecular weight is 347 g/mol. The first-order chi connectivity index (χ1) is 10.8. The van der Waals surface area contributed by atoms with Crippen LogP contribution in [0, 0.1) is 0 Å². The molecule has 0 radical (unpaired) electrons. The van der Waals surface area contributed by atoms with E-state index in [0.717, 1.165) is 12.1 Å². The van der Waals surface area contributed by atoms with Crippen molar-refractivity contribution in [3.8, 4) is 0 Å². The number of halogens is 4. The van der Waals surface area contributed by atoms with E-state index >= 15 is 0 Å². The van der Waals surface area contributed by atoms with Gasteiger partial charge in [0.2, 0.25) is 5.91 Å². The van der Waals surface area contributed by atoms with Gasteiger partial charge in [-0.15, -0.1) is 0 Å². The van der Waals surface area contributed by atoms with Crippen molar-refractivity contribution < 1.29 is 22.4 Å². The molecule has 1 heterocycles. The second kappa shape index (κ2) is 6.95. The summed E-state index contributed by atoms with van der Waals surface area (Å²) in [6.45, 7) is 1.56. The predicted molar refractivity (Wildman–Crippen MR) is 80.2 cm³/mol. The van der Waals surface area contributed by atoms with Crippen LogP contribution in [0.2, 0.25) is 5.02 Å². The molecule has 1 aromatic carbocycles. The summed E-state index contributed by atoms with van der Waals surface area (Å²) >= 11 is 5.53. The maximum Gasteiger partial charge on any atom is 0.417 e. The van der Waals surface area contributed by atoms with Crippen molar-refractivity contribution in [2.45, 2.75) is 19.1 Å². The van der Waals surface area contributed by atoms with Gasteiger partial charge in [-0.1, -0.05) is 11.6 Å². The number of anilines is 1. The second-order valence-corrected chi connectivity index (χ2v) is 5.26. The lowest BCUT2D eigenvalue weighted by Gasteiger charge is -2.14. The molecular formula is C15H14ClF3N2O2. The molecule has 1 atom stereocenters. The number of rotatable bonds is 5. The summed E-state index contributed by atoms with van der Waals surface area (Å²) in [5.41, 5.74) is -0.795. The quantitative estimate of drug-likeness (QED) is 0.851. The number of amides is 1. The highest BCUT2D eigenvalue weighted by Gasteiger charge is 2.33. The van der Waals surface area contributed by atoms with Crippen molar-refractivity contribution in [2.24, 2.45) is 0 Å². The summed E-state index contributed by atoms with van der Waals surface area (Å²) in [6.07, 6.45) is -3.06. The van der Waals surface area contributed by atoms with Gasteiger partial charge < -0.3 is 15.1 Å². The Kier molecular flexibility index (Phi) is 5.20. The standard InChI is InChI=1S/C15H14ClF3N2O2/c1-9(13-3-2-6-23-13)21-14(22)8-20-10-4-5-12(16)11(7-10)15(17,18)19/h2-7,9,20H,8H2,1H3,(H,21,22). The van der Waals surface area contributed by atoms with E-state index in [1.165, 1.54) is 12.3 Å². The minimum Gasteiger partial charge on any atom is -0.467 e. The third-order valence-corrected chi connectivity index (χ3v) is 3.40. The number of carbonyl (C=O) groups is 1. The van der Waals surface area contributed by atoms with E-state index in [2.05, 4.69) is 10.6 Å². The molecule has 2 N–H and O–H groups in total. The summed E-state index contributed by atoms with van der Waals surface area (Å²) in [4.78, 5) is 11.8. The maximum absolute atomic E-state index is 12.8. The fraction of sp³-hybridized carbons (Fsp3) is 0.267. The SMILES string of the molecule is CC(NC(=O)CNc1ccc(Cl)c(C(F)(F)F)c1)c1ccco1. The zero-order valence-corrected chi connectivity index (χ0v) is 12.8. The highest BCUT2D eigenvalue weighted by atomic mass is 35.5. The summed E-state index contributed by atoms with van der Waals surface area (Å²) in [5, 5.41) is 4.91. The van der Waals surface area contributed by atoms with Crippen LogP contribution in [0.5, 0.6) is 0 Å². The van der Waals surface area contributed by atoms with Crippen molar-refractivity contribution in [1.29, 1.82) is 0 Å². The first-order valence-electron chi connectivity index (χ1n) is 6.71. The number of nitrogens with one attached hydrogen (secondary N) is 2. The number of hydrogen-bond donors (Lipinski definition) is 2. The predicted octanol–water partition coefficient (Wildman–Crippen LogP) is 4.24. The molecule has 0 saturated carbocycles. The van der Waals surface area contributed by atoms with Gasteiger partial charge in [0.1, 0.15) is 5.76 Å². The molecule has 0 aliphatic rings. The lowest BCUT2D eigenvalue weighted by Crippen LogP contribution is -2.31. The Morgan fingerprint density at radius 2 is 2.09 bits per heavy atom. The lowest BCUT2D eigenvalue weighted by atomic mass is 10.2. The van der Waals surface area contributed by atoms with Gasteiger partial charge in [-0.3, -0.25) is 4.79 Å². The van der Waals surface area contributed by atoms with Crippen LogP contribution < -0.4 is 10.6 Å². The minimum absolute atomic E-state index is 0.155. The highest BCUT2D eigenvalue weighted by Crippen LogP contribution is 2.36. The monoisotopic (exact) mass is 346 g/mol. The van der Waals surface area contributed by atoms with Crippen LogP contribution in [0.1, 0.15) is 24.3 Å². The molecule has 0 saturated heterocycles. The van der Waals surface area contributed by atoms with E-state index < -0.39 is 11.7 Å². The van der Waals surface area contributed by atoms with Gasteiger partial charge in [0.05, 0.1) is 29.4 Å². The summed E-state index contributed by atoms with van der Waals surface area (Å²) < 4.78 is 43.4. The molecule has 124 valence electrons. The number of alkyl halides is 3. The summed E-state index contributed by atoms with van der Waals surface area (Å²) in [5.74, 6) is 0.210. The zero-order valence-electron chi connectivity index (χ0n) is 12.1. The molecule has 23 heavy (non-hydrogen) atoms. The molecular weight excluding hydrogens is 333 g/mol. The maximum atomic E-state index is 12.8. The average Bonchev–Trinajstić information content (AvgIpc) is 2.99. The molecule has 1 aromatic heterocycles. The largest absolute Gasteiger partial charge is 0.467 e. The van der Waals surface area contributed by atoms with Crippen LogP contribution in [0.3, 0.4) is 0 Å². The Balaban J connectivity index is 1.94. The van der Waals surface area contributed by atoms with Crippen molar-refractivity contribution in [3.63, 3.8) is 0 Å². The van der Waals surface area contributed by atoms with Crippen molar-refractivity contribution >= 4 is 23.2 Å². The number of carbonyl (C=O) groups excluding carboxylic acids is 1. The Bertz CT molecular complexity index is 672. The molecule has 2 aromatic rings. The Hall–Kier alpha value is -2.15. The summed E-state index contributed by atoms with van der Waals surface area (Å²) in [6, 6.07) is 6.45. The minimum atomic E-state index is -4.55.